The molecule has 5 N–H and O–H groups in total. The van der Waals surface area contributed by atoms with Crippen LogP contribution in [0.5, 0.6) is 17.2 Å². The van der Waals surface area contributed by atoms with Gasteiger partial charge >= 0.3 is 6.03 Å². The third-order valence-corrected chi connectivity index (χ3v) is 12.0. The van der Waals surface area contributed by atoms with E-state index in [1.165, 1.54) is 39.4 Å². The molecule has 2 aromatic rings. The molecule has 7 rings (SSSR count). The lowest BCUT2D eigenvalue weighted by Crippen LogP contribution is -2.68. The van der Waals surface area contributed by atoms with Crippen molar-refractivity contribution in [3.05, 3.63) is 51.6 Å². The van der Waals surface area contributed by atoms with Gasteiger partial charge in [-0.05, 0) is 33.8 Å². The van der Waals surface area contributed by atoms with Crippen molar-refractivity contribution in [2.75, 3.05) is 21.2 Å². The number of amides is 4. The average molecular weight is 810 g/mol. The minimum atomic E-state index is -2.15. The van der Waals surface area contributed by atoms with Crippen molar-refractivity contribution in [2.24, 2.45) is 5.92 Å². The highest BCUT2D eigenvalue weighted by atomic mass is 16.7. The SMILES string of the molecule is COc1cccc2c1C(=O)c1c(O)c3c(c(O)c1C2=O)CC(O)(C(C)=O)CC3OC1CC2NC(C3C(=O)N(C)C(=O)N(C)C3=O)C(C)OC(CC(C)O)OC2C(C)O1. The van der Waals surface area contributed by atoms with E-state index in [1.54, 1.807) is 20.8 Å². The molecule has 312 valence electrons. The molecule has 10 atom stereocenters. The predicted molar refractivity (Wildman–Crippen MR) is 197 cm³/mol. The highest BCUT2D eigenvalue weighted by Gasteiger charge is 2.54. The van der Waals surface area contributed by atoms with Crippen molar-refractivity contribution in [1.82, 2.24) is 15.1 Å². The number of Topliss-reactive ketones (excluding diaryl/α,β-unsaturated/α-hetero) is 1. The Morgan fingerprint density at radius 3 is 2.24 bits per heavy atom. The molecule has 3 aliphatic heterocycles. The van der Waals surface area contributed by atoms with E-state index in [1.807, 2.05) is 0 Å². The van der Waals surface area contributed by atoms with Crippen LogP contribution in [0.2, 0.25) is 0 Å². The second-order valence-electron chi connectivity index (χ2n) is 15.8. The molecule has 0 spiro atoms. The van der Waals surface area contributed by atoms with E-state index in [0.717, 1.165) is 16.7 Å². The summed E-state index contributed by atoms with van der Waals surface area (Å²) < 4.78 is 30.7. The summed E-state index contributed by atoms with van der Waals surface area (Å²) in [6, 6.07) is 1.77. The highest BCUT2D eigenvalue weighted by Crippen LogP contribution is 2.52. The smallest absolute Gasteiger partial charge is 0.332 e. The molecule has 0 saturated carbocycles. The van der Waals surface area contributed by atoms with Crippen LogP contribution in [-0.4, -0.2) is 141 Å². The fourth-order valence-corrected chi connectivity index (χ4v) is 8.90. The maximum absolute atomic E-state index is 14.1. The molecule has 18 nitrogen and oxygen atoms in total. The zero-order chi connectivity index (χ0) is 42.3. The summed E-state index contributed by atoms with van der Waals surface area (Å²) in [5.74, 6) is -6.51. The molecule has 4 amide bonds. The first kappa shape index (κ1) is 41.3. The van der Waals surface area contributed by atoms with Crippen LogP contribution >= 0.6 is 0 Å². The molecule has 10 unspecified atom stereocenters. The van der Waals surface area contributed by atoms with Crippen molar-refractivity contribution >= 4 is 35.2 Å². The number of benzene rings is 2. The van der Waals surface area contributed by atoms with Gasteiger partial charge in [-0.3, -0.25) is 33.8 Å². The number of carbonyl (C=O) groups is 6. The Labute approximate surface area is 332 Å². The third kappa shape index (κ3) is 6.65. The maximum atomic E-state index is 14.1. The van der Waals surface area contributed by atoms with Crippen molar-refractivity contribution in [3.8, 4) is 17.2 Å². The van der Waals surface area contributed by atoms with Gasteiger partial charge in [-0.25, -0.2) is 4.79 Å². The van der Waals surface area contributed by atoms with Crippen LogP contribution in [0.3, 0.4) is 0 Å². The number of imide groups is 2. The number of aliphatic hydroxyl groups excluding tert-OH is 1. The van der Waals surface area contributed by atoms with Gasteiger partial charge in [0, 0.05) is 62.5 Å². The minimum Gasteiger partial charge on any atom is -0.507 e. The Bertz CT molecular complexity index is 2080. The van der Waals surface area contributed by atoms with Crippen molar-refractivity contribution in [3.63, 3.8) is 0 Å². The number of rotatable bonds is 7. The van der Waals surface area contributed by atoms with E-state index in [-0.39, 0.29) is 40.8 Å². The second kappa shape index (κ2) is 15.1. The number of hydrogen-bond donors (Lipinski definition) is 5. The number of ketones is 3. The molecule has 2 aromatic carbocycles. The number of nitrogens with one attached hydrogen (secondary N) is 1. The fraction of sp³-hybridized carbons (Fsp3) is 0.550. The van der Waals surface area contributed by atoms with Crippen molar-refractivity contribution < 1.29 is 72.9 Å². The minimum absolute atomic E-state index is 0.0188. The van der Waals surface area contributed by atoms with Gasteiger partial charge in [0.25, 0.3) is 0 Å². The maximum Gasteiger partial charge on any atom is 0.332 e. The number of phenols is 2. The molecular formula is C40H47N3O15. The van der Waals surface area contributed by atoms with E-state index < -0.39 is 137 Å². The molecule has 0 radical (unpaired) electrons. The lowest BCUT2D eigenvalue weighted by molar-refractivity contribution is -0.298. The Morgan fingerprint density at radius 2 is 1.62 bits per heavy atom. The summed E-state index contributed by atoms with van der Waals surface area (Å²) in [5, 5.41) is 49.0. The lowest BCUT2D eigenvalue weighted by atomic mass is 9.72. The van der Waals surface area contributed by atoms with E-state index in [2.05, 4.69) is 5.32 Å². The lowest BCUT2D eigenvalue weighted by Gasteiger charge is -2.49. The summed E-state index contributed by atoms with van der Waals surface area (Å²) in [4.78, 5) is 82.5. The quantitative estimate of drug-likeness (QED) is 0.166. The number of nitrogens with zero attached hydrogens (tertiary/aromatic N) is 2. The number of urea groups is 1. The average Bonchev–Trinajstić information content (AvgIpc) is 3.16. The Kier molecular flexibility index (Phi) is 10.8. The van der Waals surface area contributed by atoms with Gasteiger partial charge in [0.05, 0.1) is 54.3 Å². The van der Waals surface area contributed by atoms with Crippen molar-refractivity contribution in [1.29, 1.82) is 0 Å². The number of fused-ring (bicyclic) bond motifs is 4. The van der Waals surface area contributed by atoms with Crippen LogP contribution in [0.1, 0.15) is 96.0 Å². The summed E-state index contributed by atoms with van der Waals surface area (Å²) in [7, 11) is 3.85. The number of ether oxygens (including phenoxy) is 5. The zero-order valence-electron chi connectivity index (χ0n) is 33.0. The number of aromatic hydroxyl groups is 2. The highest BCUT2D eigenvalue weighted by molar-refractivity contribution is 6.31. The summed E-state index contributed by atoms with van der Waals surface area (Å²) in [6.07, 6.45) is -8.07. The van der Waals surface area contributed by atoms with Crippen LogP contribution in [0, 0.1) is 5.92 Å². The molecular weight excluding hydrogens is 762 g/mol. The molecule has 3 heterocycles. The van der Waals surface area contributed by atoms with Gasteiger partial charge in [0.1, 0.15) is 34.9 Å². The van der Waals surface area contributed by atoms with E-state index in [4.69, 9.17) is 23.7 Å². The molecule has 58 heavy (non-hydrogen) atoms. The molecule has 3 saturated heterocycles. The topological polar surface area (TPSA) is 248 Å². The second-order valence-corrected chi connectivity index (χ2v) is 15.8. The zero-order valence-corrected chi connectivity index (χ0v) is 33.0. The number of carbonyl (C=O) groups excluding carboxylic acids is 6. The van der Waals surface area contributed by atoms with Gasteiger partial charge < -0.3 is 49.4 Å². The van der Waals surface area contributed by atoms with Crippen LogP contribution in [0.25, 0.3) is 0 Å². The standard InChI is InChI=1S/C40H47N3O15/c1-15(44)11-24-55-16(2)31(30-37(50)42(5)39(52)43(6)38(30)51)41-21-12-25(56-17(3)36(21)58-24)57-23-14-40(53,18(4)45)13-20-27(23)35(49)29-28(33(20)47)32(46)19-9-8-10-22(54-7)26(19)34(29)48/h8-10,15-17,21,23-25,30-31,36,41,44,47,49,53H,11-14H2,1-7H3. The van der Waals surface area contributed by atoms with E-state index in [0.29, 0.717) is 0 Å². The number of methoxy groups -OCH3 is 1. The number of phenolic OH excluding ortho intramolecular Hbond substituents is 2. The van der Waals surface area contributed by atoms with Gasteiger partial charge in [-0.1, -0.05) is 12.1 Å². The normalized spacial score (nSPS) is 32.1. The number of aliphatic hydroxyl groups is 2. The Hall–Kier alpha value is -4.82. The third-order valence-electron chi connectivity index (χ3n) is 12.0. The molecule has 5 aliphatic rings. The predicted octanol–water partition coefficient (Wildman–Crippen LogP) is 1.24. The van der Waals surface area contributed by atoms with Crippen LogP contribution in [-0.2, 0) is 39.8 Å². The van der Waals surface area contributed by atoms with Gasteiger partial charge in [0.15, 0.2) is 24.1 Å². The Morgan fingerprint density at radius 1 is 0.966 bits per heavy atom. The van der Waals surface area contributed by atoms with E-state index >= 15 is 0 Å². The first-order chi connectivity index (χ1) is 27.3. The largest absolute Gasteiger partial charge is 0.507 e. The van der Waals surface area contributed by atoms with Gasteiger partial charge in [-0.15, -0.1) is 0 Å². The first-order valence-electron chi connectivity index (χ1n) is 19.0. The summed E-state index contributed by atoms with van der Waals surface area (Å²) >= 11 is 0. The van der Waals surface area contributed by atoms with E-state index in [9.17, 15) is 49.2 Å². The molecule has 2 aliphatic carbocycles. The molecule has 0 aromatic heterocycles. The molecule has 0 bridgehead atoms. The molecule has 3 fully saturated rings. The first-order valence-corrected chi connectivity index (χ1v) is 19.0. The fourth-order valence-electron chi connectivity index (χ4n) is 8.90. The molecule has 18 heteroatoms. The summed E-state index contributed by atoms with van der Waals surface area (Å²) in [5.41, 5.74) is -3.62. The monoisotopic (exact) mass is 809 g/mol. The van der Waals surface area contributed by atoms with Gasteiger partial charge in [0.2, 0.25) is 17.6 Å². The van der Waals surface area contributed by atoms with Crippen LogP contribution < -0.4 is 10.1 Å². The number of barbiturate groups is 1. The van der Waals surface area contributed by atoms with Crippen LogP contribution in [0.15, 0.2) is 18.2 Å². The summed E-state index contributed by atoms with van der Waals surface area (Å²) in [6.45, 7) is 5.99. The number of hydrogen-bond acceptors (Lipinski definition) is 16. The van der Waals surface area contributed by atoms with Gasteiger partial charge in [-0.2, -0.15) is 0 Å². The van der Waals surface area contributed by atoms with Crippen molar-refractivity contribution in [2.45, 2.75) is 114 Å². The van der Waals surface area contributed by atoms with Crippen LogP contribution in [0.4, 0.5) is 4.79 Å². The Balaban J connectivity index is 1.27.